The summed E-state index contributed by atoms with van der Waals surface area (Å²) >= 11 is 0. The van der Waals surface area contributed by atoms with Crippen LogP contribution in [0.2, 0.25) is 0 Å². The van der Waals surface area contributed by atoms with Gasteiger partial charge in [-0.15, -0.1) is 0 Å². The van der Waals surface area contributed by atoms with Crippen molar-refractivity contribution in [1.82, 2.24) is 5.01 Å². The number of aliphatic hydroxyl groups is 1. The normalized spacial score (nSPS) is 18.7. The highest BCUT2D eigenvalue weighted by atomic mass is 19.4. The maximum Gasteiger partial charge on any atom is 0.438 e. The molecule has 0 unspecified atom stereocenters. The van der Waals surface area contributed by atoms with E-state index in [9.17, 15) is 23.1 Å². The molecule has 0 saturated carbocycles. The molecule has 5 nitrogen and oxygen atoms in total. The van der Waals surface area contributed by atoms with Crippen LogP contribution in [0.1, 0.15) is 64.0 Å². The van der Waals surface area contributed by atoms with Crippen LogP contribution in [-0.2, 0) is 10.2 Å². The van der Waals surface area contributed by atoms with Crippen LogP contribution in [0.5, 0.6) is 5.75 Å². The lowest BCUT2D eigenvalue weighted by atomic mass is 9.78. The number of nitrogens with zero attached hydrogens (tertiary/aromatic N) is 2. The van der Waals surface area contributed by atoms with Gasteiger partial charge in [-0.25, -0.2) is 0 Å². The summed E-state index contributed by atoms with van der Waals surface area (Å²) < 4.78 is 46.3. The summed E-state index contributed by atoms with van der Waals surface area (Å²) in [5.74, 6) is -0.720. The topological polar surface area (TPSA) is 62.1 Å². The SMILES string of the molecule is CCCCCC1=NN(C(=O)COc2ccc(C(C)(C)c3ccccc3)cc2)[C@@](O)(C(F)(F)F)C1. The van der Waals surface area contributed by atoms with E-state index in [2.05, 4.69) is 18.9 Å². The third-order valence-electron chi connectivity index (χ3n) is 6.24. The van der Waals surface area contributed by atoms with Crippen molar-refractivity contribution >= 4 is 11.6 Å². The van der Waals surface area contributed by atoms with Crippen LogP contribution in [0.3, 0.4) is 0 Å². The van der Waals surface area contributed by atoms with E-state index >= 15 is 0 Å². The number of hydrazone groups is 1. The Morgan fingerprint density at radius 2 is 1.68 bits per heavy atom. The van der Waals surface area contributed by atoms with Crippen LogP contribution < -0.4 is 4.74 Å². The van der Waals surface area contributed by atoms with Crippen molar-refractivity contribution in [3.8, 4) is 5.75 Å². The Kier molecular flexibility index (Phi) is 7.70. The fraction of sp³-hybridized carbons (Fsp3) is 0.462. The van der Waals surface area contributed by atoms with E-state index in [0.29, 0.717) is 18.6 Å². The molecular weight excluding hydrogens is 445 g/mol. The predicted molar refractivity (Wildman–Crippen MR) is 125 cm³/mol. The van der Waals surface area contributed by atoms with E-state index in [1.165, 1.54) is 0 Å². The summed E-state index contributed by atoms with van der Waals surface area (Å²) in [6.07, 6.45) is -3.10. The van der Waals surface area contributed by atoms with Crippen molar-refractivity contribution < 1.29 is 27.8 Å². The number of benzene rings is 2. The summed E-state index contributed by atoms with van der Waals surface area (Å²) in [6, 6.07) is 17.0. The van der Waals surface area contributed by atoms with Crippen LogP contribution in [0, 0.1) is 0 Å². The van der Waals surface area contributed by atoms with Crippen molar-refractivity contribution in [2.45, 2.75) is 70.2 Å². The summed E-state index contributed by atoms with van der Waals surface area (Å²) in [6.45, 7) is 5.47. The van der Waals surface area contributed by atoms with Crippen LogP contribution in [0.15, 0.2) is 59.7 Å². The maximum absolute atomic E-state index is 13.6. The number of halogens is 3. The minimum atomic E-state index is -5.04. The Morgan fingerprint density at radius 3 is 2.26 bits per heavy atom. The van der Waals surface area contributed by atoms with E-state index in [-0.39, 0.29) is 16.1 Å². The highest BCUT2D eigenvalue weighted by molar-refractivity contribution is 5.91. The molecule has 3 rings (SSSR count). The van der Waals surface area contributed by atoms with Crippen molar-refractivity contribution in [2.24, 2.45) is 5.10 Å². The molecule has 0 radical (unpaired) electrons. The molecule has 2 aromatic carbocycles. The first-order chi connectivity index (χ1) is 16.0. The van der Waals surface area contributed by atoms with E-state index in [4.69, 9.17) is 4.74 Å². The van der Waals surface area contributed by atoms with Gasteiger partial charge in [0.15, 0.2) is 6.61 Å². The smallest absolute Gasteiger partial charge is 0.438 e. The lowest BCUT2D eigenvalue weighted by Crippen LogP contribution is -2.57. The lowest BCUT2D eigenvalue weighted by Gasteiger charge is -2.32. The van der Waals surface area contributed by atoms with Crippen LogP contribution in [0.25, 0.3) is 0 Å². The van der Waals surface area contributed by atoms with Crippen molar-refractivity contribution in [2.75, 3.05) is 6.61 Å². The predicted octanol–water partition coefficient (Wildman–Crippen LogP) is 5.81. The Balaban J connectivity index is 1.68. The Labute approximate surface area is 198 Å². The molecule has 34 heavy (non-hydrogen) atoms. The first-order valence-corrected chi connectivity index (χ1v) is 11.5. The largest absolute Gasteiger partial charge is 0.484 e. The second-order valence-electron chi connectivity index (χ2n) is 9.12. The number of ether oxygens (including phenoxy) is 1. The zero-order chi connectivity index (χ0) is 25.0. The summed E-state index contributed by atoms with van der Waals surface area (Å²) in [5, 5.41) is 14.3. The van der Waals surface area contributed by atoms with Gasteiger partial charge in [-0.2, -0.15) is 23.3 Å². The highest BCUT2D eigenvalue weighted by Gasteiger charge is 2.63. The third-order valence-corrected chi connectivity index (χ3v) is 6.24. The number of hydrogen-bond acceptors (Lipinski definition) is 4. The average Bonchev–Trinajstić information content (AvgIpc) is 3.16. The van der Waals surface area contributed by atoms with Gasteiger partial charge in [0.2, 0.25) is 0 Å². The fourth-order valence-electron chi connectivity index (χ4n) is 4.01. The standard InChI is InChI=1S/C26H31F3N2O3/c1-4-5-7-12-21-17-25(33,26(27,28)29)31(30-21)23(32)18-34-22-15-13-20(14-16-22)24(2,3)19-10-8-6-9-11-19/h6,8-11,13-16,33H,4-5,7,12,17-18H2,1-3H3/t25-/m0/s1. The molecule has 0 aliphatic carbocycles. The molecule has 0 aromatic heterocycles. The van der Waals surface area contributed by atoms with E-state index in [1.807, 2.05) is 49.4 Å². The molecule has 1 N–H and O–H groups in total. The molecule has 0 spiro atoms. The molecule has 1 aliphatic rings. The molecule has 8 heteroatoms. The lowest BCUT2D eigenvalue weighted by molar-refractivity contribution is -0.302. The quantitative estimate of drug-likeness (QED) is 0.465. The van der Waals surface area contributed by atoms with Gasteiger partial charge in [-0.3, -0.25) is 4.79 Å². The number of carbonyl (C=O) groups excluding carboxylic acids is 1. The Bertz CT molecular complexity index is 1000. The molecule has 1 aliphatic heterocycles. The van der Waals surface area contributed by atoms with Gasteiger partial charge in [0.25, 0.3) is 11.6 Å². The summed E-state index contributed by atoms with van der Waals surface area (Å²) in [4.78, 5) is 12.6. The molecule has 2 aromatic rings. The van der Waals surface area contributed by atoms with Gasteiger partial charge in [-0.05, 0) is 36.1 Å². The first-order valence-electron chi connectivity index (χ1n) is 11.5. The van der Waals surface area contributed by atoms with Gasteiger partial charge >= 0.3 is 6.18 Å². The maximum atomic E-state index is 13.6. The second-order valence-corrected chi connectivity index (χ2v) is 9.12. The number of alkyl halides is 3. The monoisotopic (exact) mass is 476 g/mol. The van der Waals surface area contributed by atoms with Gasteiger partial charge < -0.3 is 9.84 Å². The van der Waals surface area contributed by atoms with Crippen molar-refractivity contribution in [3.05, 3.63) is 65.7 Å². The second kappa shape index (κ2) is 10.2. The number of carbonyl (C=O) groups is 1. The zero-order valence-corrected chi connectivity index (χ0v) is 19.7. The fourth-order valence-corrected chi connectivity index (χ4v) is 4.01. The molecule has 1 heterocycles. The number of unbranched alkanes of at least 4 members (excludes halogenated alkanes) is 2. The number of amides is 1. The van der Waals surface area contributed by atoms with Crippen LogP contribution >= 0.6 is 0 Å². The first kappa shape index (κ1) is 25.7. The van der Waals surface area contributed by atoms with Crippen molar-refractivity contribution in [1.29, 1.82) is 0 Å². The minimum Gasteiger partial charge on any atom is -0.484 e. The zero-order valence-electron chi connectivity index (χ0n) is 19.7. The third kappa shape index (κ3) is 5.43. The Morgan fingerprint density at radius 1 is 1.06 bits per heavy atom. The molecular formula is C26H31F3N2O3. The van der Waals surface area contributed by atoms with Gasteiger partial charge in [0.1, 0.15) is 5.75 Å². The summed E-state index contributed by atoms with van der Waals surface area (Å²) in [5.41, 5.74) is -1.30. The molecule has 0 saturated heterocycles. The van der Waals surface area contributed by atoms with Gasteiger partial charge in [0, 0.05) is 17.5 Å². The van der Waals surface area contributed by atoms with Crippen LogP contribution in [-0.4, -0.2) is 40.2 Å². The molecule has 184 valence electrons. The molecule has 0 bridgehead atoms. The van der Waals surface area contributed by atoms with E-state index < -0.39 is 30.8 Å². The summed E-state index contributed by atoms with van der Waals surface area (Å²) in [7, 11) is 0. The number of hydrogen-bond donors (Lipinski definition) is 1. The molecule has 0 fully saturated rings. The van der Waals surface area contributed by atoms with E-state index in [0.717, 1.165) is 24.0 Å². The Hall–Kier alpha value is -2.87. The molecule has 1 atom stereocenters. The average molecular weight is 477 g/mol. The van der Waals surface area contributed by atoms with Crippen LogP contribution in [0.4, 0.5) is 13.2 Å². The minimum absolute atomic E-state index is 0.140. The van der Waals surface area contributed by atoms with Crippen molar-refractivity contribution in [3.63, 3.8) is 0 Å². The number of rotatable bonds is 9. The van der Waals surface area contributed by atoms with Gasteiger partial charge in [-0.1, -0.05) is 76.1 Å². The van der Waals surface area contributed by atoms with E-state index in [1.54, 1.807) is 12.1 Å². The van der Waals surface area contributed by atoms with Gasteiger partial charge in [0.05, 0.1) is 0 Å². The highest BCUT2D eigenvalue weighted by Crippen LogP contribution is 2.41. The molecule has 1 amide bonds.